The molecule has 2 bridgehead atoms. The molecule has 0 aliphatic carbocycles. The smallest absolute Gasteiger partial charge is 0.333 e. The summed E-state index contributed by atoms with van der Waals surface area (Å²) in [7, 11) is 0. The molecule has 4 heterocycles. The Labute approximate surface area is 234 Å². The maximum absolute atomic E-state index is 13.6. The van der Waals surface area contributed by atoms with Gasteiger partial charge in [0.05, 0.1) is 18.8 Å². The van der Waals surface area contributed by atoms with Crippen molar-refractivity contribution >= 4 is 29.0 Å². The van der Waals surface area contributed by atoms with Crippen LogP contribution in [0.3, 0.4) is 0 Å². The highest BCUT2D eigenvalue weighted by Gasteiger charge is 2.49. The van der Waals surface area contributed by atoms with Crippen LogP contribution in [0.5, 0.6) is 5.75 Å². The van der Waals surface area contributed by atoms with Gasteiger partial charge in [-0.1, -0.05) is 56.0 Å². The van der Waals surface area contributed by atoms with E-state index in [1.54, 1.807) is 18.2 Å². The first kappa shape index (κ1) is 27.4. The summed E-state index contributed by atoms with van der Waals surface area (Å²) >= 11 is 0. The molecule has 2 N–H and O–H groups in total. The van der Waals surface area contributed by atoms with Crippen LogP contribution < -0.4 is 15.4 Å². The number of nitrogens with one attached hydrogen (secondary N) is 2. The van der Waals surface area contributed by atoms with Crippen molar-refractivity contribution in [1.29, 1.82) is 0 Å². The Morgan fingerprint density at radius 2 is 1.70 bits per heavy atom. The number of Topliss-reactive ketones (excluding diaryl/α,β-unsaturated/α-hetero) is 1. The minimum Gasteiger partial charge on any atom is -0.482 e. The van der Waals surface area contributed by atoms with E-state index >= 15 is 0 Å². The Bertz CT molecular complexity index is 1370. The highest BCUT2D eigenvalue weighted by Crippen LogP contribution is 2.37. The number of para-hydroxylation sites is 1. The molecule has 2 atom stereocenters. The molecule has 3 aromatic rings. The first-order valence-corrected chi connectivity index (χ1v) is 13.5. The van der Waals surface area contributed by atoms with Crippen LogP contribution in [0.1, 0.15) is 42.2 Å². The van der Waals surface area contributed by atoms with Crippen LogP contribution >= 0.6 is 0 Å². The van der Waals surface area contributed by atoms with E-state index < -0.39 is 6.04 Å². The Balaban J connectivity index is 0.00000323. The van der Waals surface area contributed by atoms with Gasteiger partial charge < -0.3 is 24.6 Å². The van der Waals surface area contributed by atoms with Crippen molar-refractivity contribution in [3.63, 3.8) is 0 Å². The lowest BCUT2D eigenvalue weighted by Gasteiger charge is -2.51. The van der Waals surface area contributed by atoms with Crippen LogP contribution in [0, 0.1) is 5.92 Å². The van der Waals surface area contributed by atoms with Crippen LogP contribution in [0.4, 0.5) is 11.4 Å². The van der Waals surface area contributed by atoms with Crippen molar-refractivity contribution < 1.29 is 28.3 Å². The lowest BCUT2D eigenvalue weighted by atomic mass is 9.82. The third-order valence-electron chi connectivity index (χ3n) is 8.18. The van der Waals surface area contributed by atoms with Gasteiger partial charge in [0.25, 0.3) is 5.91 Å². The Morgan fingerprint density at radius 1 is 1.00 bits per heavy atom. The molecule has 4 aliphatic heterocycles. The van der Waals surface area contributed by atoms with Crippen molar-refractivity contribution in [2.24, 2.45) is 5.92 Å². The van der Waals surface area contributed by atoms with E-state index in [0.29, 0.717) is 40.5 Å². The summed E-state index contributed by atoms with van der Waals surface area (Å²) in [5.41, 5.74) is 2.76. The average Bonchev–Trinajstić information content (AvgIpc) is 2.97. The standard InChI is InChI=1S/C31H31N3O5.CH4/c35-26(23-11-12-27-25(17-23)33-29(36)20-38-27)18-34-15-13-21(14-16-34)28(19-34)39-31(37)30(22-7-3-1-4-8-22)32-24-9-5-2-6-10-24;/h1-12,17,21,28,30,32H,13-16,18-20H2;1H4/p+1/t21?,28-,30+,34?;/m0./s1. The highest BCUT2D eigenvalue weighted by molar-refractivity contribution is 6.01. The topological polar surface area (TPSA) is 93.7 Å². The van der Waals surface area contributed by atoms with Crippen LogP contribution in [0.25, 0.3) is 0 Å². The SMILES string of the molecule is C.O=C1COc2ccc(C(=O)C[N+]34CCC(CC3)[C@@H](OC(=O)[C@H](Nc3ccccc3)c3ccccc3)C4)cc2N1. The van der Waals surface area contributed by atoms with Crippen LogP contribution in [0.15, 0.2) is 78.9 Å². The number of carbonyl (C=O) groups is 3. The van der Waals surface area contributed by atoms with Gasteiger partial charge in [-0.05, 0) is 35.9 Å². The zero-order valence-corrected chi connectivity index (χ0v) is 21.7. The van der Waals surface area contributed by atoms with Gasteiger partial charge in [0, 0.05) is 30.0 Å². The summed E-state index contributed by atoms with van der Waals surface area (Å²) in [4.78, 5) is 38.7. The number of carbonyl (C=O) groups excluding carboxylic acids is 3. The minimum atomic E-state index is -0.632. The Hall–Kier alpha value is -4.17. The molecule has 40 heavy (non-hydrogen) atoms. The molecule has 0 unspecified atom stereocenters. The molecule has 1 amide bonds. The number of rotatable bonds is 8. The number of nitrogens with zero attached hydrogens (tertiary/aromatic N) is 1. The first-order valence-electron chi connectivity index (χ1n) is 13.5. The number of piperidine rings is 3. The fourth-order valence-electron chi connectivity index (χ4n) is 6.07. The number of ketones is 1. The summed E-state index contributed by atoms with van der Waals surface area (Å²) in [6.07, 6.45) is 1.59. The normalized spacial score (nSPS) is 23.4. The predicted octanol–water partition coefficient (Wildman–Crippen LogP) is 4.84. The van der Waals surface area contributed by atoms with Crippen molar-refractivity contribution in [1.82, 2.24) is 0 Å². The maximum Gasteiger partial charge on any atom is 0.333 e. The molecular weight excluding hydrogens is 506 g/mol. The quantitative estimate of drug-likeness (QED) is 0.240. The van der Waals surface area contributed by atoms with E-state index in [1.807, 2.05) is 60.7 Å². The second-order valence-electron chi connectivity index (χ2n) is 10.8. The molecule has 0 saturated carbocycles. The molecule has 8 nitrogen and oxygen atoms in total. The van der Waals surface area contributed by atoms with Gasteiger partial charge in [-0.3, -0.25) is 9.59 Å². The van der Waals surface area contributed by atoms with E-state index in [1.165, 1.54) is 0 Å². The average molecular weight is 543 g/mol. The molecule has 3 aromatic carbocycles. The van der Waals surface area contributed by atoms with Gasteiger partial charge in [-0.25, -0.2) is 4.79 Å². The second kappa shape index (κ2) is 11.5. The lowest BCUT2D eigenvalue weighted by molar-refractivity contribution is -0.938. The minimum absolute atomic E-state index is 0. The number of hydrogen-bond acceptors (Lipinski definition) is 6. The maximum atomic E-state index is 13.6. The molecule has 3 fully saturated rings. The number of anilines is 2. The van der Waals surface area contributed by atoms with Gasteiger partial charge in [-0.2, -0.15) is 0 Å². The van der Waals surface area contributed by atoms with Gasteiger partial charge in [0.2, 0.25) is 5.78 Å². The molecule has 0 aromatic heterocycles. The molecular formula is C32H36N3O5+. The number of amides is 1. The molecule has 4 aliphatic rings. The van der Waals surface area contributed by atoms with E-state index in [0.717, 1.165) is 37.2 Å². The second-order valence-corrected chi connectivity index (χ2v) is 10.8. The van der Waals surface area contributed by atoms with Gasteiger partial charge in [0.15, 0.2) is 18.8 Å². The summed E-state index contributed by atoms with van der Waals surface area (Å²) in [5, 5.41) is 6.12. The molecule has 208 valence electrons. The van der Waals surface area contributed by atoms with Crippen molar-refractivity contribution in [3.8, 4) is 5.75 Å². The Kier molecular flexibility index (Phi) is 7.89. The number of esters is 1. The van der Waals surface area contributed by atoms with E-state index in [-0.39, 0.29) is 37.8 Å². The largest absolute Gasteiger partial charge is 0.482 e. The molecule has 0 radical (unpaired) electrons. The van der Waals surface area contributed by atoms with E-state index in [2.05, 4.69) is 10.6 Å². The van der Waals surface area contributed by atoms with Crippen molar-refractivity contribution in [2.75, 3.05) is 43.4 Å². The lowest BCUT2D eigenvalue weighted by Crippen LogP contribution is -2.65. The van der Waals surface area contributed by atoms with Crippen LogP contribution in [-0.2, 0) is 14.3 Å². The third-order valence-corrected chi connectivity index (χ3v) is 8.18. The zero-order valence-electron chi connectivity index (χ0n) is 21.7. The van der Waals surface area contributed by atoms with E-state index in [9.17, 15) is 14.4 Å². The van der Waals surface area contributed by atoms with Crippen LogP contribution in [0.2, 0.25) is 0 Å². The monoisotopic (exact) mass is 542 g/mol. The van der Waals surface area contributed by atoms with Gasteiger partial charge >= 0.3 is 5.97 Å². The first-order chi connectivity index (χ1) is 19.0. The number of ether oxygens (including phenoxy) is 2. The molecule has 8 heteroatoms. The summed E-state index contributed by atoms with van der Waals surface area (Å²) < 4.78 is 12.3. The fourth-order valence-corrected chi connectivity index (χ4v) is 6.07. The van der Waals surface area contributed by atoms with Crippen LogP contribution in [-0.4, -0.2) is 61.0 Å². The Morgan fingerprint density at radius 3 is 2.42 bits per heavy atom. The summed E-state index contributed by atoms with van der Waals surface area (Å²) in [5.74, 6) is 0.344. The van der Waals surface area contributed by atoms with Gasteiger partial charge in [-0.15, -0.1) is 0 Å². The van der Waals surface area contributed by atoms with Gasteiger partial charge in [0.1, 0.15) is 18.8 Å². The fraction of sp³-hybridized carbons (Fsp3) is 0.344. The number of quaternary nitrogens is 1. The number of benzene rings is 3. The zero-order chi connectivity index (χ0) is 26.8. The molecule has 3 saturated heterocycles. The number of hydrogen-bond donors (Lipinski definition) is 2. The highest BCUT2D eigenvalue weighted by atomic mass is 16.5. The predicted molar refractivity (Wildman–Crippen MR) is 153 cm³/mol. The number of fused-ring (bicyclic) bond motifs is 4. The summed E-state index contributed by atoms with van der Waals surface area (Å²) in [6.45, 7) is 2.71. The molecule has 0 spiro atoms. The third kappa shape index (κ3) is 5.72. The summed E-state index contributed by atoms with van der Waals surface area (Å²) in [6, 6.07) is 23.8. The van der Waals surface area contributed by atoms with Crippen molar-refractivity contribution in [2.45, 2.75) is 32.4 Å². The van der Waals surface area contributed by atoms with E-state index in [4.69, 9.17) is 9.47 Å². The molecule has 7 rings (SSSR count). The van der Waals surface area contributed by atoms with Crippen molar-refractivity contribution in [3.05, 3.63) is 90.0 Å².